The second-order valence-electron chi connectivity index (χ2n) is 7.00. The number of thioether (sulfide) groups is 1. The molecule has 29 heavy (non-hydrogen) atoms. The van der Waals surface area contributed by atoms with Gasteiger partial charge in [0, 0.05) is 17.0 Å². The number of hydrogen-bond donors (Lipinski definition) is 1. The summed E-state index contributed by atoms with van der Waals surface area (Å²) in [5, 5.41) is 8.61. The summed E-state index contributed by atoms with van der Waals surface area (Å²) in [7, 11) is 0. The van der Waals surface area contributed by atoms with Gasteiger partial charge in [-0.15, -0.1) is 5.10 Å². The number of aromatic nitrogens is 3. The van der Waals surface area contributed by atoms with Crippen LogP contribution in [0.15, 0.2) is 40.7 Å². The van der Waals surface area contributed by atoms with Crippen LogP contribution in [0.4, 0.5) is 5.95 Å². The molecule has 8 heteroatoms. The lowest BCUT2D eigenvalue weighted by Crippen LogP contribution is -2.31. The van der Waals surface area contributed by atoms with Crippen LogP contribution in [0, 0.1) is 0 Å². The van der Waals surface area contributed by atoms with Gasteiger partial charge in [0.15, 0.2) is 0 Å². The predicted octanol–water partition coefficient (Wildman–Crippen LogP) is 4.42. The molecule has 1 aliphatic rings. The Labute approximate surface area is 175 Å². The van der Waals surface area contributed by atoms with Crippen LogP contribution in [0.25, 0.3) is 0 Å². The first-order valence-corrected chi connectivity index (χ1v) is 10.9. The standard InChI is InChI=1S/C21H28N4O3S/c1-6-12-29-21-23-20-22-14(5)17(19(26)28-13(3)4)18(25(20)24-21)15-10-8-9-11-16(15)27-7-2/h8-11,13,18H,6-7,12H2,1-5H3,(H,22,23,24). The van der Waals surface area contributed by atoms with Gasteiger partial charge in [-0.25, -0.2) is 9.48 Å². The maximum absolute atomic E-state index is 13.0. The fraction of sp³-hybridized carbons (Fsp3) is 0.476. The highest BCUT2D eigenvalue weighted by Crippen LogP contribution is 2.40. The highest BCUT2D eigenvalue weighted by atomic mass is 32.2. The molecule has 3 rings (SSSR count). The average molecular weight is 417 g/mol. The Kier molecular flexibility index (Phi) is 6.84. The van der Waals surface area contributed by atoms with Crippen LogP contribution < -0.4 is 10.1 Å². The lowest BCUT2D eigenvalue weighted by atomic mass is 9.95. The minimum atomic E-state index is -0.483. The summed E-state index contributed by atoms with van der Waals surface area (Å²) in [5.41, 5.74) is 2.07. The number of carbonyl (C=O) groups excluding carboxylic acids is 1. The van der Waals surface area contributed by atoms with E-state index in [9.17, 15) is 4.79 Å². The largest absolute Gasteiger partial charge is 0.494 e. The Hall–Kier alpha value is -2.48. The molecular weight excluding hydrogens is 388 g/mol. The quantitative estimate of drug-likeness (QED) is 0.504. The summed E-state index contributed by atoms with van der Waals surface area (Å²) in [6.07, 6.45) is 0.806. The lowest BCUT2D eigenvalue weighted by Gasteiger charge is -2.29. The first-order valence-electron chi connectivity index (χ1n) is 9.96. The summed E-state index contributed by atoms with van der Waals surface area (Å²) in [4.78, 5) is 17.7. The van der Waals surface area contributed by atoms with Crippen molar-refractivity contribution in [3.63, 3.8) is 0 Å². The second kappa shape index (κ2) is 9.35. The third-order valence-corrected chi connectivity index (χ3v) is 5.39. The van der Waals surface area contributed by atoms with Crippen LogP contribution in [-0.2, 0) is 9.53 Å². The molecule has 1 aromatic carbocycles. The number of fused-ring (bicyclic) bond motifs is 1. The van der Waals surface area contributed by atoms with Gasteiger partial charge in [0.1, 0.15) is 11.8 Å². The molecule has 0 aliphatic carbocycles. The number of rotatable bonds is 8. The molecule has 2 aromatic rings. The van der Waals surface area contributed by atoms with E-state index in [-0.39, 0.29) is 12.1 Å². The van der Waals surface area contributed by atoms with E-state index in [2.05, 4.69) is 17.2 Å². The zero-order chi connectivity index (χ0) is 21.0. The maximum Gasteiger partial charge on any atom is 0.338 e. The highest BCUT2D eigenvalue weighted by molar-refractivity contribution is 7.99. The van der Waals surface area contributed by atoms with E-state index in [0.717, 1.165) is 17.7 Å². The Morgan fingerprint density at radius 1 is 1.31 bits per heavy atom. The molecule has 1 aliphatic heterocycles. The third kappa shape index (κ3) is 4.58. The number of carbonyl (C=O) groups is 1. The highest BCUT2D eigenvalue weighted by Gasteiger charge is 2.37. The van der Waals surface area contributed by atoms with Crippen molar-refractivity contribution in [3.8, 4) is 5.75 Å². The van der Waals surface area contributed by atoms with E-state index in [1.165, 1.54) is 0 Å². The summed E-state index contributed by atoms with van der Waals surface area (Å²) in [5.74, 6) is 1.88. The van der Waals surface area contributed by atoms with Gasteiger partial charge >= 0.3 is 5.97 Å². The van der Waals surface area contributed by atoms with Crippen LogP contribution in [0.1, 0.15) is 52.6 Å². The number of para-hydroxylation sites is 1. The van der Waals surface area contributed by atoms with Crippen molar-refractivity contribution in [1.29, 1.82) is 0 Å². The number of allylic oxidation sites excluding steroid dienone is 1. The van der Waals surface area contributed by atoms with Crippen LogP contribution >= 0.6 is 11.8 Å². The van der Waals surface area contributed by atoms with Crippen molar-refractivity contribution >= 4 is 23.7 Å². The number of nitrogens with zero attached hydrogens (tertiary/aromatic N) is 3. The summed E-state index contributed by atoms with van der Waals surface area (Å²) in [6, 6.07) is 7.24. The first-order chi connectivity index (χ1) is 14.0. The molecule has 2 heterocycles. The van der Waals surface area contributed by atoms with Gasteiger partial charge in [-0.2, -0.15) is 4.98 Å². The zero-order valence-electron chi connectivity index (χ0n) is 17.6. The van der Waals surface area contributed by atoms with Crippen LogP contribution in [0.3, 0.4) is 0 Å². The average Bonchev–Trinajstić information content (AvgIpc) is 3.07. The summed E-state index contributed by atoms with van der Waals surface area (Å²) in [6.45, 7) is 10.1. The van der Waals surface area contributed by atoms with Crippen molar-refractivity contribution in [1.82, 2.24) is 14.8 Å². The number of nitrogens with one attached hydrogen (secondary N) is 1. The third-order valence-electron chi connectivity index (χ3n) is 4.34. The Morgan fingerprint density at radius 3 is 2.76 bits per heavy atom. The minimum absolute atomic E-state index is 0.224. The fourth-order valence-corrected chi connectivity index (χ4v) is 3.89. The maximum atomic E-state index is 13.0. The number of ether oxygens (including phenoxy) is 2. The molecule has 0 amide bonds. The van der Waals surface area contributed by atoms with E-state index in [0.29, 0.717) is 34.7 Å². The molecule has 0 saturated carbocycles. The van der Waals surface area contributed by atoms with E-state index in [1.54, 1.807) is 16.4 Å². The van der Waals surface area contributed by atoms with E-state index in [4.69, 9.17) is 14.6 Å². The van der Waals surface area contributed by atoms with Gasteiger partial charge in [0.25, 0.3) is 0 Å². The number of hydrogen-bond acceptors (Lipinski definition) is 7. The van der Waals surface area contributed by atoms with Gasteiger partial charge < -0.3 is 14.8 Å². The summed E-state index contributed by atoms with van der Waals surface area (Å²) >= 11 is 1.60. The van der Waals surface area contributed by atoms with Crippen molar-refractivity contribution < 1.29 is 14.3 Å². The SMILES string of the molecule is CCCSc1nc2n(n1)C(c1ccccc1OCC)C(C(=O)OC(C)C)=C(C)N2. The molecule has 0 saturated heterocycles. The van der Waals surface area contributed by atoms with Crippen molar-refractivity contribution in [2.45, 2.75) is 58.3 Å². The van der Waals surface area contributed by atoms with Crippen molar-refractivity contribution in [2.75, 3.05) is 17.7 Å². The zero-order valence-corrected chi connectivity index (χ0v) is 18.4. The molecule has 7 nitrogen and oxygen atoms in total. The summed E-state index contributed by atoms with van der Waals surface area (Å²) < 4.78 is 13.2. The smallest absolute Gasteiger partial charge is 0.338 e. The van der Waals surface area contributed by atoms with Gasteiger partial charge in [-0.05, 0) is 40.2 Å². The molecule has 1 N–H and O–H groups in total. The topological polar surface area (TPSA) is 78.3 Å². The Morgan fingerprint density at radius 2 is 2.07 bits per heavy atom. The molecule has 1 unspecified atom stereocenters. The monoisotopic (exact) mass is 416 g/mol. The minimum Gasteiger partial charge on any atom is -0.494 e. The van der Waals surface area contributed by atoms with Crippen molar-refractivity contribution in [2.24, 2.45) is 0 Å². The number of anilines is 1. The molecule has 156 valence electrons. The molecule has 0 bridgehead atoms. The normalized spacial score (nSPS) is 15.9. The molecule has 1 aromatic heterocycles. The van der Waals surface area contributed by atoms with E-state index < -0.39 is 6.04 Å². The van der Waals surface area contributed by atoms with Gasteiger partial charge in [0.05, 0.1) is 18.3 Å². The van der Waals surface area contributed by atoms with Gasteiger partial charge in [-0.1, -0.05) is 36.9 Å². The Balaban J connectivity index is 2.13. The van der Waals surface area contributed by atoms with Crippen LogP contribution in [0.2, 0.25) is 0 Å². The fourth-order valence-electron chi connectivity index (χ4n) is 3.21. The van der Waals surface area contributed by atoms with Crippen LogP contribution in [0.5, 0.6) is 5.75 Å². The molecular formula is C21H28N4O3S. The predicted molar refractivity (Wildman–Crippen MR) is 114 cm³/mol. The Bertz CT molecular complexity index is 907. The van der Waals surface area contributed by atoms with E-state index >= 15 is 0 Å². The molecule has 0 fully saturated rings. The first kappa shape index (κ1) is 21.2. The van der Waals surface area contributed by atoms with Gasteiger partial charge in [-0.3, -0.25) is 0 Å². The van der Waals surface area contributed by atoms with Crippen molar-refractivity contribution in [3.05, 3.63) is 41.1 Å². The van der Waals surface area contributed by atoms with Gasteiger partial charge in [0.2, 0.25) is 11.1 Å². The van der Waals surface area contributed by atoms with Crippen LogP contribution in [-0.4, -0.2) is 39.2 Å². The van der Waals surface area contributed by atoms with E-state index in [1.807, 2.05) is 52.0 Å². The lowest BCUT2D eigenvalue weighted by molar-refractivity contribution is -0.143. The number of benzene rings is 1. The molecule has 1 atom stereocenters. The second-order valence-corrected chi connectivity index (χ2v) is 8.06. The molecule has 0 spiro atoms. The molecule has 0 radical (unpaired) electrons. The number of esters is 1.